The van der Waals surface area contributed by atoms with Crippen molar-refractivity contribution in [3.8, 4) is 0 Å². The Morgan fingerprint density at radius 3 is 2.83 bits per heavy atom. The number of hydrogen-bond acceptors (Lipinski definition) is 5. The molecule has 5 nitrogen and oxygen atoms in total. The minimum atomic E-state index is -2.49. The second-order valence-corrected chi connectivity index (χ2v) is 3.55. The van der Waals surface area contributed by atoms with E-state index in [0.29, 0.717) is 12.2 Å². The molecule has 0 spiro atoms. The second-order valence-electron chi connectivity index (χ2n) is 3.55. The van der Waals surface area contributed by atoms with Crippen molar-refractivity contribution in [3.63, 3.8) is 0 Å². The molecule has 18 heavy (non-hydrogen) atoms. The molecule has 1 heterocycles. The van der Waals surface area contributed by atoms with Crippen LogP contribution in [0.3, 0.4) is 0 Å². The zero-order valence-electron chi connectivity index (χ0n) is 9.90. The van der Waals surface area contributed by atoms with Gasteiger partial charge >= 0.3 is 5.97 Å². The smallest absolute Gasteiger partial charge is 0.373 e. The van der Waals surface area contributed by atoms with Gasteiger partial charge in [-0.05, 0) is 18.6 Å². The van der Waals surface area contributed by atoms with Crippen molar-refractivity contribution in [2.24, 2.45) is 5.73 Å². The summed E-state index contributed by atoms with van der Waals surface area (Å²) < 4.78 is 37.9. The van der Waals surface area contributed by atoms with Gasteiger partial charge in [0.05, 0.1) is 13.2 Å². The van der Waals surface area contributed by atoms with E-state index in [9.17, 15) is 13.6 Å². The van der Waals surface area contributed by atoms with E-state index >= 15 is 0 Å². The molecule has 1 unspecified atom stereocenters. The van der Waals surface area contributed by atoms with Gasteiger partial charge in [-0.3, -0.25) is 0 Å². The molecule has 0 aliphatic carbocycles. The molecule has 0 radical (unpaired) electrons. The number of alkyl halides is 2. The fourth-order valence-electron chi connectivity index (χ4n) is 1.29. The van der Waals surface area contributed by atoms with Crippen molar-refractivity contribution >= 4 is 5.97 Å². The third-order valence-electron chi connectivity index (χ3n) is 2.20. The SMILES string of the molecule is COC(=O)c1ccc(C(N)CCOCC(F)F)o1. The molecule has 1 aromatic rings. The maximum atomic E-state index is 11.8. The van der Waals surface area contributed by atoms with Gasteiger partial charge in [0.1, 0.15) is 12.4 Å². The van der Waals surface area contributed by atoms with Gasteiger partial charge in [0.25, 0.3) is 6.43 Å². The van der Waals surface area contributed by atoms with E-state index in [4.69, 9.17) is 14.9 Å². The molecule has 2 N–H and O–H groups in total. The zero-order chi connectivity index (χ0) is 13.5. The second kappa shape index (κ2) is 7.07. The number of carbonyl (C=O) groups is 1. The number of esters is 1. The van der Waals surface area contributed by atoms with Gasteiger partial charge < -0.3 is 19.6 Å². The topological polar surface area (TPSA) is 74.7 Å². The van der Waals surface area contributed by atoms with Crippen LogP contribution in [0.15, 0.2) is 16.5 Å². The van der Waals surface area contributed by atoms with E-state index in [1.165, 1.54) is 13.2 Å². The number of rotatable bonds is 7. The summed E-state index contributed by atoms with van der Waals surface area (Å²) in [4.78, 5) is 11.1. The maximum Gasteiger partial charge on any atom is 0.373 e. The molecule has 0 fully saturated rings. The number of ether oxygens (including phenoxy) is 2. The molecule has 0 bridgehead atoms. The lowest BCUT2D eigenvalue weighted by molar-refractivity contribution is 0.0147. The molecule has 1 aromatic heterocycles. The summed E-state index contributed by atoms with van der Waals surface area (Å²) in [5.41, 5.74) is 5.75. The van der Waals surface area contributed by atoms with Crippen LogP contribution >= 0.6 is 0 Å². The first kappa shape index (κ1) is 14.6. The number of nitrogens with two attached hydrogens (primary N) is 1. The van der Waals surface area contributed by atoms with E-state index in [2.05, 4.69) is 4.74 Å². The van der Waals surface area contributed by atoms with Crippen molar-refractivity contribution in [2.45, 2.75) is 18.9 Å². The fraction of sp³-hybridized carbons (Fsp3) is 0.545. The van der Waals surface area contributed by atoms with Crippen LogP contribution in [-0.4, -0.2) is 32.7 Å². The molecular weight excluding hydrogens is 248 g/mol. The Morgan fingerprint density at radius 2 is 2.22 bits per heavy atom. The first-order valence-electron chi connectivity index (χ1n) is 5.34. The highest BCUT2D eigenvalue weighted by Crippen LogP contribution is 2.18. The number of methoxy groups -OCH3 is 1. The molecule has 0 amide bonds. The minimum Gasteiger partial charge on any atom is -0.463 e. The van der Waals surface area contributed by atoms with E-state index in [0.717, 1.165) is 0 Å². The summed E-state index contributed by atoms with van der Waals surface area (Å²) >= 11 is 0. The number of furan rings is 1. The Morgan fingerprint density at radius 1 is 1.50 bits per heavy atom. The van der Waals surface area contributed by atoms with Crippen LogP contribution in [0.2, 0.25) is 0 Å². The van der Waals surface area contributed by atoms with Gasteiger partial charge in [-0.25, -0.2) is 13.6 Å². The van der Waals surface area contributed by atoms with Gasteiger partial charge in [0, 0.05) is 6.61 Å². The van der Waals surface area contributed by atoms with Crippen LogP contribution in [0, 0.1) is 0 Å². The molecular formula is C11H15F2NO4. The average Bonchev–Trinajstić information content (AvgIpc) is 2.82. The van der Waals surface area contributed by atoms with Crippen molar-refractivity contribution in [2.75, 3.05) is 20.3 Å². The summed E-state index contributed by atoms with van der Waals surface area (Å²) in [6, 6.07) is 2.48. The predicted octanol–water partition coefficient (Wildman–Crippen LogP) is 1.74. The van der Waals surface area contributed by atoms with Crippen LogP contribution in [-0.2, 0) is 9.47 Å². The number of carbonyl (C=O) groups excluding carboxylic acids is 1. The highest BCUT2D eigenvalue weighted by Gasteiger charge is 2.15. The van der Waals surface area contributed by atoms with Crippen molar-refractivity contribution in [3.05, 3.63) is 23.7 Å². The van der Waals surface area contributed by atoms with Crippen LogP contribution in [0.1, 0.15) is 28.8 Å². The first-order chi connectivity index (χ1) is 8.54. The highest BCUT2D eigenvalue weighted by molar-refractivity contribution is 5.86. The van der Waals surface area contributed by atoms with Gasteiger partial charge in [0.15, 0.2) is 0 Å². The Hall–Kier alpha value is -1.47. The van der Waals surface area contributed by atoms with Gasteiger partial charge in [0.2, 0.25) is 5.76 Å². The van der Waals surface area contributed by atoms with Gasteiger partial charge in [-0.1, -0.05) is 0 Å². The van der Waals surface area contributed by atoms with E-state index in [-0.39, 0.29) is 12.4 Å². The monoisotopic (exact) mass is 263 g/mol. The van der Waals surface area contributed by atoms with E-state index in [1.807, 2.05) is 0 Å². The Kier molecular flexibility index (Phi) is 5.73. The largest absolute Gasteiger partial charge is 0.463 e. The Labute approximate surface area is 103 Å². The predicted molar refractivity (Wildman–Crippen MR) is 58.4 cm³/mol. The van der Waals surface area contributed by atoms with Gasteiger partial charge in [-0.2, -0.15) is 0 Å². The molecule has 0 saturated carbocycles. The van der Waals surface area contributed by atoms with Gasteiger partial charge in [-0.15, -0.1) is 0 Å². The molecule has 0 saturated heterocycles. The standard InChI is InChI=1S/C11H15F2NO4/c1-16-11(15)9-3-2-8(18-9)7(14)4-5-17-6-10(12)13/h2-3,7,10H,4-6,14H2,1H3. The molecule has 1 atom stereocenters. The quantitative estimate of drug-likeness (QED) is 0.599. The minimum absolute atomic E-state index is 0.0523. The average molecular weight is 263 g/mol. The highest BCUT2D eigenvalue weighted by atomic mass is 19.3. The van der Waals surface area contributed by atoms with Crippen LogP contribution in [0.5, 0.6) is 0 Å². The normalized spacial score (nSPS) is 12.7. The Balaban J connectivity index is 2.39. The summed E-state index contributed by atoms with van der Waals surface area (Å²) in [5.74, 6) is -0.158. The zero-order valence-corrected chi connectivity index (χ0v) is 9.90. The third kappa shape index (κ3) is 4.42. The lowest BCUT2D eigenvalue weighted by atomic mass is 10.2. The number of hydrogen-bond donors (Lipinski definition) is 1. The molecule has 102 valence electrons. The van der Waals surface area contributed by atoms with Crippen LogP contribution < -0.4 is 5.73 Å². The number of halogens is 2. The third-order valence-corrected chi connectivity index (χ3v) is 2.20. The lowest BCUT2D eigenvalue weighted by Gasteiger charge is -2.09. The summed E-state index contributed by atoms with van der Waals surface area (Å²) in [6.45, 7) is -0.516. The summed E-state index contributed by atoms with van der Waals surface area (Å²) in [5, 5.41) is 0. The lowest BCUT2D eigenvalue weighted by Crippen LogP contribution is -2.14. The first-order valence-corrected chi connectivity index (χ1v) is 5.34. The molecule has 0 aliphatic rings. The molecule has 1 rings (SSSR count). The summed E-state index contributed by atoms with van der Waals surface area (Å²) in [7, 11) is 1.24. The molecule has 7 heteroatoms. The van der Waals surface area contributed by atoms with Crippen molar-refractivity contribution < 1.29 is 27.5 Å². The van der Waals surface area contributed by atoms with E-state index in [1.54, 1.807) is 6.07 Å². The van der Waals surface area contributed by atoms with Crippen LogP contribution in [0.25, 0.3) is 0 Å². The molecule has 0 aliphatic heterocycles. The van der Waals surface area contributed by atoms with Crippen LogP contribution in [0.4, 0.5) is 8.78 Å². The molecule has 0 aromatic carbocycles. The van der Waals surface area contributed by atoms with E-state index < -0.39 is 25.0 Å². The van der Waals surface area contributed by atoms with Crippen molar-refractivity contribution in [1.29, 1.82) is 0 Å². The van der Waals surface area contributed by atoms with Crippen molar-refractivity contribution in [1.82, 2.24) is 0 Å². The fourth-order valence-corrected chi connectivity index (χ4v) is 1.29. The maximum absolute atomic E-state index is 11.8. The summed E-state index contributed by atoms with van der Waals surface area (Å²) in [6.07, 6.45) is -2.17. The Bertz CT molecular complexity index is 381.